The number of nitrogens with one attached hydrogen (secondary N) is 2. The Hall–Kier alpha value is -2.27. The van der Waals surface area contributed by atoms with Crippen molar-refractivity contribution >= 4 is 11.6 Å². The fraction of sp³-hybridized carbons (Fsp3) is 0.200. The summed E-state index contributed by atoms with van der Waals surface area (Å²) in [4.78, 5) is 15.8. The second-order valence-corrected chi connectivity index (χ2v) is 4.28. The molecule has 0 aliphatic rings. The quantitative estimate of drug-likeness (QED) is 0.794. The van der Waals surface area contributed by atoms with Gasteiger partial charge in [-0.15, -0.1) is 0 Å². The maximum atomic E-state index is 13.3. The van der Waals surface area contributed by atoms with Crippen LogP contribution < -0.4 is 10.6 Å². The average Bonchev–Trinajstić information content (AvgIpc) is 2.47. The van der Waals surface area contributed by atoms with Crippen LogP contribution in [0, 0.1) is 5.82 Å². The van der Waals surface area contributed by atoms with E-state index in [9.17, 15) is 9.18 Å². The number of aromatic nitrogens is 1. The Labute approximate surface area is 117 Å². The van der Waals surface area contributed by atoms with Gasteiger partial charge >= 0.3 is 0 Å². The molecule has 0 saturated heterocycles. The van der Waals surface area contributed by atoms with Gasteiger partial charge in [-0.25, -0.2) is 4.39 Å². The second-order valence-electron chi connectivity index (χ2n) is 4.28. The summed E-state index contributed by atoms with van der Waals surface area (Å²) in [5, 5.41) is 5.66. The van der Waals surface area contributed by atoms with Gasteiger partial charge in [-0.1, -0.05) is 18.2 Å². The minimum atomic E-state index is -0.428. The number of carbonyl (C=O) groups is 1. The van der Waals surface area contributed by atoms with Crippen molar-refractivity contribution < 1.29 is 9.18 Å². The van der Waals surface area contributed by atoms with Gasteiger partial charge in [-0.3, -0.25) is 9.78 Å². The van der Waals surface area contributed by atoms with Crippen LogP contribution >= 0.6 is 0 Å². The first-order chi connectivity index (χ1) is 9.75. The Morgan fingerprint density at radius 2 is 1.95 bits per heavy atom. The fourth-order valence-corrected chi connectivity index (χ4v) is 1.70. The molecule has 1 aromatic carbocycles. The standard InChI is InChI=1S/C15H16FN3O/c16-13-6-1-2-7-14(13)19-15(20)8-10-17-11-12-5-3-4-9-18-12/h1-7,9,17H,8,10-11H2,(H,19,20). The van der Waals surface area contributed by atoms with E-state index in [1.165, 1.54) is 12.1 Å². The number of carbonyl (C=O) groups excluding carboxylic acids is 1. The van der Waals surface area contributed by atoms with Gasteiger partial charge < -0.3 is 10.6 Å². The summed E-state index contributed by atoms with van der Waals surface area (Å²) in [7, 11) is 0. The monoisotopic (exact) mass is 273 g/mol. The van der Waals surface area contributed by atoms with Gasteiger partial charge in [-0.2, -0.15) is 0 Å². The Balaban J connectivity index is 1.69. The topological polar surface area (TPSA) is 54.0 Å². The predicted octanol–water partition coefficient (Wildman–Crippen LogP) is 2.34. The molecule has 1 heterocycles. The van der Waals surface area contributed by atoms with Crippen molar-refractivity contribution in [1.82, 2.24) is 10.3 Å². The lowest BCUT2D eigenvalue weighted by atomic mass is 10.3. The normalized spacial score (nSPS) is 10.2. The summed E-state index contributed by atoms with van der Waals surface area (Å²) in [5.41, 5.74) is 1.13. The van der Waals surface area contributed by atoms with Crippen LogP contribution in [0.4, 0.5) is 10.1 Å². The van der Waals surface area contributed by atoms with Gasteiger partial charge in [-0.05, 0) is 24.3 Å². The van der Waals surface area contributed by atoms with Crippen LogP contribution in [0.2, 0.25) is 0 Å². The van der Waals surface area contributed by atoms with E-state index in [1.54, 1.807) is 18.3 Å². The molecule has 0 aliphatic carbocycles. The van der Waals surface area contributed by atoms with E-state index in [1.807, 2.05) is 18.2 Å². The molecule has 4 nitrogen and oxygen atoms in total. The van der Waals surface area contributed by atoms with Gasteiger partial charge in [0.2, 0.25) is 5.91 Å². The molecule has 104 valence electrons. The summed E-state index contributed by atoms with van der Waals surface area (Å²) in [6.07, 6.45) is 2.00. The van der Waals surface area contributed by atoms with Crippen molar-refractivity contribution in [2.45, 2.75) is 13.0 Å². The van der Waals surface area contributed by atoms with Gasteiger partial charge in [0.25, 0.3) is 0 Å². The molecule has 0 spiro atoms. The lowest BCUT2D eigenvalue weighted by Gasteiger charge is -2.07. The molecule has 0 radical (unpaired) electrons. The van der Waals surface area contributed by atoms with Crippen LogP contribution in [-0.4, -0.2) is 17.4 Å². The highest BCUT2D eigenvalue weighted by Gasteiger charge is 2.05. The number of hydrogen-bond acceptors (Lipinski definition) is 3. The number of benzene rings is 1. The Kier molecular flexibility index (Phi) is 5.20. The summed E-state index contributed by atoms with van der Waals surface area (Å²) in [5.74, 6) is -0.647. The van der Waals surface area contributed by atoms with Gasteiger partial charge in [0.05, 0.1) is 11.4 Å². The largest absolute Gasteiger partial charge is 0.324 e. The third-order valence-corrected chi connectivity index (χ3v) is 2.71. The molecule has 0 unspecified atom stereocenters. The van der Waals surface area contributed by atoms with Gasteiger partial charge in [0.1, 0.15) is 5.82 Å². The second kappa shape index (κ2) is 7.35. The summed E-state index contributed by atoms with van der Waals surface area (Å²) in [6, 6.07) is 11.8. The number of hydrogen-bond donors (Lipinski definition) is 2. The highest BCUT2D eigenvalue weighted by atomic mass is 19.1. The Morgan fingerprint density at radius 1 is 1.15 bits per heavy atom. The molecule has 20 heavy (non-hydrogen) atoms. The fourth-order valence-electron chi connectivity index (χ4n) is 1.70. The molecular formula is C15H16FN3O. The van der Waals surface area contributed by atoms with E-state index < -0.39 is 5.82 Å². The molecule has 5 heteroatoms. The molecule has 1 aromatic heterocycles. The number of anilines is 1. The minimum Gasteiger partial charge on any atom is -0.324 e. The number of halogens is 1. The molecule has 2 N–H and O–H groups in total. The minimum absolute atomic E-state index is 0.210. The van der Waals surface area contributed by atoms with Crippen molar-refractivity contribution in [3.8, 4) is 0 Å². The van der Waals surface area contributed by atoms with E-state index in [-0.39, 0.29) is 18.0 Å². The van der Waals surface area contributed by atoms with E-state index >= 15 is 0 Å². The highest BCUT2D eigenvalue weighted by molar-refractivity contribution is 5.90. The van der Waals surface area contributed by atoms with Crippen molar-refractivity contribution in [3.05, 3.63) is 60.2 Å². The predicted molar refractivity (Wildman–Crippen MR) is 75.6 cm³/mol. The molecule has 2 rings (SSSR count). The maximum Gasteiger partial charge on any atom is 0.225 e. The number of amides is 1. The van der Waals surface area contributed by atoms with Crippen LogP contribution in [0.3, 0.4) is 0 Å². The van der Waals surface area contributed by atoms with Crippen molar-refractivity contribution in [2.24, 2.45) is 0 Å². The molecule has 0 bridgehead atoms. The first-order valence-electron chi connectivity index (χ1n) is 6.41. The smallest absolute Gasteiger partial charge is 0.225 e. The number of nitrogens with zero attached hydrogens (tertiary/aromatic N) is 1. The summed E-state index contributed by atoms with van der Waals surface area (Å²) >= 11 is 0. The highest BCUT2D eigenvalue weighted by Crippen LogP contribution is 2.12. The van der Waals surface area contributed by atoms with Gasteiger partial charge in [0.15, 0.2) is 0 Å². The van der Waals surface area contributed by atoms with Crippen LogP contribution in [0.15, 0.2) is 48.7 Å². The van der Waals surface area contributed by atoms with Gasteiger partial charge in [0, 0.05) is 25.7 Å². The van der Waals surface area contributed by atoms with Crippen LogP contribution in [-0.2, 0) is 11.3 Å². The van der Waals surface area contributed by atoms with E-state index in [2.05, 4.69) is 15.6 Å². The third kappa shape index (κ3) is 4.44. The van der Waals surface area contributed by atoms with E-state index in [0.717, 1.165) is 5.69 Å². The number of rotatable bonds is 6. The molecule has 0 atom stereocenters. The van der Waals surface area contributed by atoms with E-state index in [0.29, 0.717) is 13.1 Å². The molecule has 1 amide bonds. The lowest BCUT2D eigenvalue weighted by Crippen LogP contribution is -2.22. The number of para-hydroxylation sites is 1. The molecule has 0 saturated carbocycles. The molecular weight excluding hydrogens is 257 g/mol. The molecule has 0 aliphatic heterocycles. The van der Waals surface area contributed by atoms with Crippen molar-refractivity contribution in [3.63, 3.8) is 0 Å². The first-order valence-corrected chi connectivity index (χ1v) is 6.41. The zero-order chi connectivity index (χ0) is 14.2. The summed E-state index contributed by atoms with van der Waals surface area (Å²) in [6.45, 7) is 1.12. The van der Waals surface area contributed by atoms with Crippen LogP contribution in [0.1, 0.15) is 12.1 Å². The SMILES string of the molecule is O=C(CCNCc1ccccn1)Nc1ccccc1F. The average molecular weight is 273 g/mol. The zero-order valence-electron chi connectivity index (χ0n) is 11.0. The molecule has 2 aromatic rings. The lowest BCUT2D eigenvalue weighted by molar-refractivity contribution is -0.116. The van der Waals surface area contributed by atoms with Crippen LogP contribution in [0.25, 0.3) is 0 Å². The molecule has 0 fully saturated rings. The Bertz CT molecular complexity index is 560. The van der Waals surface area contributed by atoms with Crippen molar-refractivity contribution in [2.75, 3.05) is 11.9 Å². The Morgan fingerprint density at radius 3 is 2.70 bits per heavy atom. The summed E-state index contributed by atoms with van der Waals surface area (Å²) < 4.78 is 13.3. The first kappa shape index (κ1) is 14.1. The van der Waals surface area contributed by atoms with Crippen LogP contribution in [0.5, 0.6) is 0 Å². The maximum absolute atomic E-state index is 13.3. The number of pyridine rings is 1. The van der Waals surface area contributed by atoms with E-state index in [4.69, 9.17) is 0 Å². The third-order valence-electron chi connectivity index (χ3n) is 2.71. The zero-order valence-corrected chi connectivity index (χ0v) is 11.0. The van der Waals surface area contributed by atoms with Crippen molar-refractivity contribution in [1.29, 1.82) is 0 Å².